The van der Waals surface area contributed by atoms with Crippen molar-refractivity contribution >= 4 is 17.5 Å². The lowest BCUT2D eigenvalue weighted by Gasteiger charge is -2.13. The zero-order valence-electron chi connectivity index (χ0n) is 8.57. The summed E-state index contributed by atoms with van der Waals surface area (Å²) in [5, 5.41) is 3.70. The Hall–Kier alpha value is -1.03. The molecular formula is C10H13ClN2O2. The summed E-state index contributed by atoms with van der Waals surface area (Å²) in [7, 11) is 0. The van der Waals surface area contributed by atoms with E-state index >= 15 is 0 Å². The summed E-state index contributed by atoms with van der Waals surface area (Å²) in [6, 6.07) is 1.66. The van der Waals surface area contributed by atoms with E-state index < -0.39 is 0 Å². The fourth-order valence-electron chi connectivity index (χ4n) is 1.76. The molecule has 1 saturated heterocycles. The van der Waals surface area contributed by atoms with Gasteiger partial charge in [-0.25, -0.2) is 0 Å². The molecule has 1 unspecified atom stereocenters. The van der Waals surface area contributed by atoms with Gasteiger partial charge in [-0.1, -0.05) is 5.16 Å². The summed E-state index contributed by atoms with van der Waals surface area (Å²) in [4.78, 5) is 13.6. The normalized spacial score (nSPS) is 20.9. The molecule has 1 atom stereocenters. The number of hydrogen-bond donors (Lipinski definition) is 0. The average Bonchev–Trinajstić information content (AvgIpc) is 2.84. The second-order valence-corrected chi connectivity index (χ2v) is 4.20. The van der Waals surface area contributed by atoms with Gasteiger partial charge in [0.1, 0.15) is 0 Å². The minimum atomic E-state index is -0.0804. The van der Waals surface area contributed by atoms with Crippen molar-refractivity contribution in [2.45, 2.75) is 13.3 Å². The molecule has 1 aliphatic rings. The van der Waals surface area contributed by atoms with E-state index in [0.29, 0.717) is 17.6 Å². The number of alkyl halides is 1. The Morgan fingerprint density at radius 1 is 1.80 bits per heavy atom. The lowest BCUT2D eigenvalue weighted by molar-refractivity contribution is 0.0747. The third-order valence-corrected chi connectivity index (χ3v) is 3.07. The van der Waals surface area contributed by atoms with E-state index in [1.807, 2.05) is 0 Å². The van der Waals surface area contributed by atoms with E-state index in [-0.39, 0.29) is 5.91 Å². The van der Waals surface area contributed by atoms with Crippen LogP contribution in [-0.4, -0.2) is 34.9 Å². The number of hydrogen-bond acceptors (Lipinski definition) is 3. The number of aryl methyl sites for hydroxylation is 1. The SMILES string of the molecule is Cc1cc(C(=O)N2CCC(CCl)C2)on1. The molecule has 1 fully saturated rings. The Labute approximate surface area is 93.2 Å². The number of rotatable bonds is 2. The topological polar surface area (TPSA) is 46.3 Å². The first-order valence-electron chi connectivity index (χ1n) is 4.99. The Balaban J connectivity index is 2.03. The highest BCUT2D eigenvalue weighted by molar-refractivity contribution is 6.18. The third-order valence-electron chi connectivity index (χ3n) is 2.63. The van der Waals surface area contributed by atoms with Crippen molar-refractivity contribution < 1.29 is 9.32 Å². The second-order valence-electron chi connectivity index (χ2n) is 3.89. The van der Waals surface area contributed by atoms with Crippen molar-refractivity contribution in [2.24, 2.45) is 5.92 Å². The molecular weight excluding hydrogens is 216 g/mol. The minimum Gasteiger partial charge on any atom is -0.351 e. The van der Waals surface area contributed by atoms with Crippen molar-refractivity contribution in [2.75, 3.05) is 19.0 Å². The van der Waals surface area contributed by atoms with Gasteiger partial charge in [0.25, 0.3) is 5.91 Å². The maximum Gasteiger partial charge on any atom is 0.292 e. The maximum atomic E-state index is 11.9. The van der Waals surface area contributed by atoms with E-state index in [9.17, 15) is 4.79 Å². The molecule has 0 radical (unpaired) electrons. The standard InChI is InChI=1S/C10H13ClN2O2/c1-7-4-9(15-12-7)10(14)13-3-2-8(5-11)6-13/h4,8H,2-3,5-6H2,1H3. The van der Waals surface area contributed by atoms with Crippen LogP contribution in [0.2, 0.25) is 0 Å². The molecule has 15 heavy (non-hydrogen) atoms. The Morgan fingerprint density at radius 3 is 3.13 bits per heavy atom. The minimum absolute atomic E-state index is 0.0804. The predicted octanol–water partition coefficient (Wildman–Crippen LogP) is 1.68. The first-order valence-corrected chi connectivity index (χ1v) is 5.52. The Kier molecular flexibility index (Phi) is 2.95. The molecule has 2 rings (SSSR count). The summed E-state index contributed by atoms with van der Waals surface area (Å²) < 4.78 is 4.93. The van der Waals surface area contributed by atoms with Crippen LogP contribution in [0.4, 0.5) is 0 Å². The summed E-state index contributed by atoms with van der Waals surface area (Å²) in [5.74, 6) is 1.27. The van der Waals surface area contributed by atoms with Crippen LogP contribution in [0, 0.1) is 12.8 Å². The van der Waals surface area contributed by atoms with Crippen LogP contribution >= 0.6 is 11.6 Å². The molecule has 0 saturated carbocycles. The van der Waals surface area contributed by atoms with E-state index in [0.717, 1.165) is 25.2 Å². The molecule has 0 spiro atoms. The fraction of sp³-hybridized carbons (Fsp3) is 0.600. The van der Waals surface area contributed by atoms with Crippen LogP contribution in [0.15, 0.2) is 10.6 Å². The fourth-order valence-corrected chi connectivity index (χ4v) is 2.02. The number of nitrogens with zero attached hydrogens (tertiary/aromatic N) is 2. The molecule has 4 nitrogen and oxygen atoms in total. The van der Waals surface area contributed by atoms with E-state index in [1.165, 1.54) is 0 Å². The zero-order valence-corrected chi connectivity index (χ0v) is 9.33. The molecule has 1 aromatic heterocycles. The lowest BCUT2D eigenvalue weighted by atomic mass is 10.2. The molecule has 1 aromatic rings. The molecule has 0 bridgehead atoms. The zero-order chi connectivity index (χ0) is 10.8. The number of amides is 1. The van der Waals surface area contributed by atoms with Crippen LogP contribution in [0.5, 0.6) is 0 Å². The number of aromatic nitrogens is 1. The van der Waals surface area contributed by atoms with E-state index in [4.69, 9.17) is 16.1 Å². The van der Waals surface area contributed by atoms with E-state index in [1.54, 1.807) is 17.9 Å². The second kappa shape index (κ2) is 4.23. The van der Waals surface area contributed by atoms with Crippen molar-refractivity contribution in [1.82, 2.24) is 10.1 Å². The van der Waals surface area contributed by atoms with Crippen molar-refractivity contribution in [3.8, 4) is 0 Å². The summed E-state index contributed by atoms with van der Waals surface area (Å²) in [6.45, 7) is 3.28. The van der Waals surface area contributed by atoms with Crippen molar-refractivity contribution in [1.29, 1.82) is 0 Å². The molecule has 0 aromatic carbocycles. The molecule has 82 valence electrons. The molecule has 0 N–H and O–H groups in total. The molecule has 2 heterocycles. The quantitative estimate of drug-likeness (QED) is 0.724. The molecule has 1 amide bonds. The van der Waals surface area contributed by atoms with Gasteiger partial charge in [0.15, 0.2) is 0 Å². The van der Waals surface area contributed by atoms with Gasteiger partial charge in [-0.2, -0.15) is 0 Å². The van der Waals surface area contributed by atoms with Crippen LogP contribution < -0.4 is 0 Å². The van der Waals surface area contributed by atoms with Gasteiger partial charge in [0.2, 0.25) is 5.76 Å². The summed E-state index contributed by atoms with van der Waals surface area (Å²) in [6.07, 6.45) is 0.975. The maximum absolute atomic E-state index is 11.9. The highest BCUT2D eigenvalue weighted by Gasteiger charge is 2.28. The monoisotopic (exact) mass is 228 g/mol. The highest BCUT2D eigenvalue weighted by Crippen LogP contribution is 2.19. The highest BCUT2D eigenvalue weighted by atomic mass is 35.5. The van der Waals surface area contributed by atoms with Crippen LogP contribution in [0.3, 0.4) is 0 Å². The molecule has 1 aliphatic heterocycles. The average molecular weight is 229 g/mol. The van der Waals surface area contributed by atoms with Crippen molar-refractivity contribution in [3.63, 3.8) is 0 Å². The van der Waals surface area contributed by atoms with Crippen LogP contribution in [-0.2, 0) is 0 Å². The Morgan fingerprint density at radius 2 is 2.60 bits per heavy atom. The van der Waals surface area contributed by atoms with Gasteiger partial charge in [-0.3, -0.25) is 4.79 Å². The number of likely N-dealkylation sites (tertiary alicyclic amines) is 1. The van der Waals surface area contributed by atoms with Gasteiger partial charge < -0.3 is 9.42 Å². The number of halogens is 1. The largest absolute Gasteiger partial charge is 0.351 e. The third kappa shape index (κ3) is 2.15. The van der Waals surface area contributed by atoms with Crippen LogP contribution in [0.25, 0.3) is 0 Å². The van der Waals surface area contributed by atoms with Gasteiger partial charge in [-0.15, -0.1) is 11.6 Å². The number of carbonyl (C=O) groups is 1. The van der Waals surface area contributed by atoms with E-state index in [2.05, 4.69) is 5.16 Å². The van der Waals surface area contributed by atoms with Gasteiger partial charge >= 0.3 is 0 Å². The first kappa shape index (κ1) is 10.5. The number of carbonyl (C=O) groups excluding carboxylic acids is 1. The van der Waals surface area contributed by atoms with Gasteiger partial charge in [0, 0.05) is 25.0 Å². The summed E-state index contributed by atoms with van der Waals surface area (Å²) in [5.41, 5.74) is 0.728. The van der Waals surface area contributed by atoms with Crippen molar-refractivity contribution in [3.05, 3.63) is 17.5 Å². The van der Waals surface area contributed by atoms with Gasteiger partial charge in [-0.05, 0) is 19.3 Å². The smallest absolute Gasteiger partial charge is 0.292 e. The van der Waals surface area contributed by atoms with Crippen LogP contribution in [0.1, 0.15) is 22.7 Å². The predicted molar refractivity (Wildman–Crippen MR) is 56.0 cm³/mol. The molecule has 0 aliphatic carbocycles. The summed E-state index contributed by atoms with van der Waals surface area (Å²) >= 11 is 5.75. The lowest BCUT2D eigenvalue weighted by Crippen LogP contribution is -2.28. The van der Waals surface area contributed by atoms with Gasteiger partial charge in [0.05, 0.1) is 5.69 Å². The Bertz CT molecular complexity index is 364. The molecule has 5 heteroatoms. The first-order chi connectivity index (χ1) is 7.20.